The number of Topliss-reactive ketones (excluding diaryl/α,β-unsaturated/α-hetero) is 1. The highest BCUT2D eigenvalue weighted by molar-refractivity contribution is 8.00. The first kappa shape index (κ1) is 24.8. The molecule has 7 heteroatoms. The van der Waals surface area contributed by atoms with E-state index in [1.807, 2.05) is 49.4 Å². The van der Waals surface area contributed by atoms with Crippen LogP contribution in [-0.2, 0) is 4.79 Å². The molecular weight excluding hydrogens is 472 g/mol. The first-order chi connectivity index (χ1) is 17.5. The molecule has 4 aromatic rings. The van der Waals surface area contributed by atoms with Crippen molar-refractivity contribution in [2.24, 2.45) is 0 Å². The zero-order chi connectivity index (χ0) is 25.3. The number of ketones is 1. The van der Waals surface area contributed by atoms with Crippen molar-refractivity contribution in [3.8, 4) is 0 Å². The maximum absolute atomic E-state index is 13.0. The van der Waals surface area contributed by atoms with Gasteiger partial charge in [-0.1, -0.05) is 48.0 Å². The summed E-state index contributed by atoms with van der Waals surface area (Å²) in [5, 5.41) is 5.46. The summed E-state index contributed by atoms with van der Waals surface area (Å²) in [5.41, 5.74) is 2.82. The molecule has 4 rings (SSSR count). The summed E-state index contributed by atoms with van der Waals surface area (Å²) in [4.78, 5) is 39.0. The molecule has 0 saturated heterocycles. The third kappa shape index (κ3) is 6.84. The zero-order valence-electron chi connectivity index (χ0n) is 19.6. The van der Waals surface area contributed by atoms with Crippen LogP contribution in [0.5, 0.6) is 0 Å². The molecule has 0 aliphatic carbocycles. The van der Waals surface area contributed by atoms with E-state index < -0.39 is 11.8 Å². The molecule has 6 nitrogen and oxygen atoms in total. The summed E-state index contributed by atoms with van der Waals surface area (Å²) < 4.78 is 5.31. The molecule has 0 radical (unpaired) electrons. The standard InChI is InChI=1S/C29H24N2O4S/c1-20-9-11-21(12-10-20)27(32)19-36-25-15-13-23(14-16-25)30-29(34)26(18-24-8-5-17-35-24)31-28(33)22-6-3-2-4-7-22/h2-18H,19H2,1H3,(H,30,34)(H,31,33)/b26-18-. The van der Waals surface area contributed by atoms with Gasteiger partial charge in [-0.15, -0.1) is 11.8 Å². The summed E-state index contributed by atoms with van der Waals surface area (Å²) >= 11 is 1.43. The Morgan fingerprint density at radius 3 is 2.22 bits per heavy atom. The highest BCUT2D eigenvalue weighted by Gasteiger charge is 2.16. The van der Waals surface area contributed by atoms with Gasteiger partial charge in [-0.05, 0) is 55.5 Å². The average Bonchev–Trinajstić information content (AvgIpc) is 3.42. The predicted molar refractivity (Wildman–Crippen MR) is 142 cm³/mol. The van der Waals surface area contributed by atoms with Crippen LogP contribution < -0.4 is 10.6 Å². The predicted octanol–water partition coefficient (Wildman–Crippen LogP) is 5.97. The number of hydrogen-bond donors (Lipinski definition) is 2. The minimum absolute atomic E-state index is 0.0425. The number of anilines is 1. The molecule has 3 aromatic carbocycles. The van der Waals surface area contributed by atoms with Gasteiger partial charge in [0.2, 0.25) is 0 Å². The Morgan fingerprint density at radius 2 is 1.56 bits per heavy atom. The minimum atomic E-state index is -0.495. The summed E-state index contributed by atoms with van der Waals surface area (Å²) in [6.07, 6.45) is 2.96. The molecule has 0 spiro atoms. The number of rotatable bonds is 9. The van der Waals surface area contributed by atoms with Gasteiger partial charge < -0.3 is 15.1 Å². The van der Waals surface area contributed by atoms with Crippen LogP contribution in [0.4, 0.5) is 5.69 Å². The molecule has 0 saturated carbocycles. The van der Waals surface area contributed by atoms with Crippen LogP contribution in [-0.4, -0.2) is 23.4 Å². The van der Waals surface area contributed by atoms with Crippen molar-refractivity contribution in [2.75, 3.05) is 11.1 Å². The summed E-state index contributed by atoms with van der Waals surface area (Å²) in [5.74, 6) is -0.104. The van der Waals surface area contributed by atoms with Crippen LogP contribution in [0.25, 0.3) is 6.08 Å². The smallest absolute Gasteiger partial charge is 0.272 e. The maximum Gasteiger partial charge on any atom is 0.272 e. The van der Waals surface area contributed by atoms with Gasteiger partial charge in [0.1, 0.15) is 11.5 Å². The largest absolute Gasteiger partial charge is 0.465 e. The van der Waals surface area contributed by atoms with Crippen molar-refractivity contribution in [1.29, 1.82) is 0 Å². The van der Waals surface area contributed by atoms with Crippen LogP contribution >= 0.6 is 11.8 Å². The number of hydrogen-bond acceptors (Lipinski definition) is 5. The van der Waals surface area contributed by atoms with E-state index >= 15 is 0 Å². The fraction of sp³-hybridized carbons (Fsp3) is 0.0690. The Bertz CT molecular complexity index is 1360. The van der Waals surface area contributed by atoms with E-state index in [2.05, 4.69) is 10.6 Å². The van der Waals surface area contributed by atoms with Gasteiger partial charge in [-0.3, -0.25) is 14.4 Å². The molecule has 0 bridgehead atoms. The third-order valence-electron chi connectivity index (χ3n) is 5.21. The maximum atomic E-state index is 13.0. The van der Waals surface area contributed by atoms with Crippen molar-refractivity contribution in [3.05, 3.63) is 125 Å². The lowest BCUT2D eigenvalue weighted by molar-refractivity contribution is -0.113. The van der Waals surface area contributed by atoms with Crippen LogP contribution in [0.15, 0.2) is 112 Å². The van der Waals surface area contributed by atoms with Gasteiger partial charge in [0.15, 0.2) is 5.78 Å². The third-order valence-corrected chi connectivity index (χ3v) is 6.23. The van der Waals surface area contributed by atoms with E-state index in [9.17, 15) is 14.4 Å². The number of amides is 2. The van der Waals surface area contributed by atoms with Gasteiger partial charge in [-0.2, -0.15) is 0 Å². The fourth-order valence-electron chi connectivity index (χ4n) is 3.26. The van der Waals surface area contributed by atoms with Gasteiger partial charge in [0.05, 0.1) is 12.0 Å². The van der Waals surface area contributed by atoms with Crippen molar-refractivity contribution in [1.82, 2.24) is 5.32 Å². The Balaban J connectivity index is 1.40. The normalized spacial score (nSPS) is 11.1. The molecule has 0 atom stereocenters. The topological polar surface area (TPSA) is 88.4 Å². The van der Waals surface area contributed by atoms with E-state index in [0.717, 1.165) is 10.5 Å². The van der Waals surface area contributed by atoms with Crippen molar-refractivity contribution < 1.29 is 18.8 Å². The molecule has 2 amide bonds. The molecule has 1 heterocycles. The molecule has 0 aliphatic heterocycles. The molecule has 0 fully saturated rings. The molecule has 1 aromatic heterocycles. The van der Waals surface area contributed by atoms with Crippen molar-refractivity contribution in [3.63, 3.8) is 0 Å². The van der Waals surface area contributed by atoms with Gasteiger partial charge in [0, 0.05) is 27.8 Å². The number of nitrogens with one attached hydrogen (secondary N) is 2. The number of thioether (sulfide) groups is 1. The van der Waals surface area contributed by atoms with E-state index in [-0.39, 0.29) is 11.5 Å². The van der Waals surface area contributed by atoms with Gasteiger partial charge in [0.25, 0.3) is 11.8 Å². The molecule has 2 N–H and O–H groups in total. The Morgan fingerprint density at radius 1 is 0.833 bits per heavy atom. The summed E-state index contributed by atoms with van der Waals surface area (Å²) in [6, 6.07) is 26.7. The highest BCUT2D eigenvalue weighted by Crippen LogP contribution is 2.22. The summed E-state index contributed by atoms with van der Waals surface area (Å²) in [6.45, 7) is 1.98. The van der Waals surface area contributed by atoms with E-state index in [0.29, 0.717) is 28.3 Å². The number of furan rings is 1. The van der Waals surface area contributed by atoms with Crippen LogP contribution in [0, 0.1) is 6.92 Å². The molecule has 0 aliphatic rings. The van der Waals surface area contributed by atoms with Crippen molar-refractivity contribution in [2.45, 2.75) is 11.8 Å². The van der Waals surface area contributed by atoms with Gasteiger partial charge >= 0.3 is 0 Å². The second-order valence-corrected chi connectivity index (χ2v) is 9.00. The molecular formula is C29H24N2O4S. The zero-order valence-corrected chi connectivity index (χ0v) is 20.4. The fourth-order valence-corrected chi connectivity index (χ4v) is 4.06. The highest BCUT2D eigenvalue weighted by atomic mass is 32.2. The second-order valence-electron chi connectivity index (χ2n) is 7.95. The first-order valence-corrected chi connectivity index (χ1v) is 12.2. The number of benzene rings is 3. The molecule has 180 valence electrons. The van der Waals surface area contributed by atoms with Crippen LogP contribution in [0.3, 0.4) is 0 Å². The second kappa shape index (κ2) is 11.9. The van der Waals surface area contributed by atoms with E-state index in [1.165, 1.54) is 24.1 Å². The molecule has 36 heavy (non-hydrogen) atoms. The quantitative estimate of drug-likeness (QED) is 0.169. The number of carbonyl (C=O) groups is 3. The SMILES string of the molecule is Cc1ccc(C(=O)CSc2ccc(NC(=O)/C(=C/c3ccco3)NC(=O)c3ccccc3)cc2)cc1. The van der Waals surface area contributed by atoms with Crippen LogP contribution in [0.1, 0.15) is 32.0 Å². The van der Waals surface area contributed by atoms with Gasteiger partial charge in [-0.25, -0.2) is 0 Å². The average molecular weight is 497 g/mol. The van der Waals surface area contributed by atoms with E-state index in [4.69, 9.17) is 4.42 Å². The number of carbonyl (C=O) groups excluding carboxylic acids is 3. The Kier molecular flexibility index (Phi) is 8.16. The first-order valence-electron chi connectivity index (χ1n) is 11.2. The lowest BCUT2D eigenvalue weighted by Crippen LogP contribution is -2.30. The summed E-state index contributed by atoms with van der Waals surface area (Å²) in [7, 11) is 0. The van der Waals surface area contributed by atoms with Crippen LogP contribution in [0.2, 0.25) is 0 Å². The minimum Gasteiger partial charge on any atom is -0.465 e. The monoisotopic (exact) mass is 496 g/mol. The molecule has 0 unspecified atom stereocenters. The Hall–Kier alpha value is -4.36. The number of aryl methyl sites for hydroxylation is 1. The lowest BCUT2D eigenvalue weighted by Gasteiger charge is -2.11. The Labute approximate surface area is 213 Å². The lowest BCUT2D eigenvalue weighted by atomic mass is 10.1. The van der Waals surface area contributed by atoms with Crippen molar-refractivity contribution >= 4 is 41.1 Å². The van der Waals surface area contributed by atoms with E-state index in [1.54, 1.807) is 48.5 Å².